The van der Waals surface area contributed by atoms with Gasteiger partial charge in [-0.2, -0.15) is 0 Å². The molecule has 1 aliphatic rings. The molecule has 78 valence electrons. The Bertz CT molecular complexity index is 367. The van der Waals surface area contributed by atoms with Crippen molar-refractivity contribution in [1.82, 2.24) is 9.88 Å². The molecule has 0 aromatic carbocycles. The molecule has 0 bridgehead atoms. The second-order valence-corrected chi connectivity index (χ2v) is 4.09. The molecular weight excluding hydrogens is 187 g/mol. The molecule has 3 nitrogen and oxygen atoms in total. The Labute approximate surface area is 91.3 Å². The monoisotopic (exact) mass is 202 g/mol. The van der Waals surface area contributed by atoms with Crippen molar-refractivity contribution in [1.29, 1.82) is 0 Å². The van der Waals surface area contributed by atoms with Crippen molar-refractivity contribution in [3.8, 4) is 0 Å². The maximum atomic E-state index is 12.1. The first-order chi connectivity index (χ1) is 7.20. The minimum absolute atomic E-state index is 0.111. The van der Waals surface area contributed by atoms with Crippen molar-refractivity contribution in [2.24, 2.45) is 0 Å². The third-order valence-corrected chi connectivity index (χ3v) is 3.05. The van der Waals surface area contributed by atoms with Gasteiger partial charge in [0.05, 0.1) is 5.56 Å². The largest absolute Gasteiger partial charge is 0.374 e. The lowest BCUT2D eigenvalue weighted by Gasteiger charge is -2.26. The number of hydrogen-bond donors (Lipinski definition) is 1. The highest BCUT2D eigenvalue weighted by atomic mass is 16.2. The zero-order valence-corrected chi connectivity index (χ0v) is 9.05. The number of amides is 1. The van der Waals surface area contributed by atoms with Gasteiger partial charge in [-0.3, -0.25) is 4.79 Å². The second kappa shape index (κ2) is 4.13. The summed E-state index contributed by atoms with van der Waals surface area (Å²) in [6.07, 6.45) is 5.18. The highest BCUT2D eigenvalue weighted by Gasteiger charge is 2.20. The lowest BCUT2D eigenvalue weighted by atomic mass is 9.98. The van der Waals surface area contributed by atoms with E-state index in [-0.39, 0.29) is 5.91 Å². The van der Waals surface area contributed by atoms with E-state index in [9.17, 15) is 4.79 Å². The summed E-state index contributed by atoms with van der Waals surface area (Å²) in [5.74, 6) is 0.111. The number of aromatic amines is 1. The van der Waals surface area contributed by atoms with E-state index < -0.39 is 0 Å². The standard InChI is InChI=1S/C11H15BN2O/c1-8-9(7-13-10(8)12)11(15)14-5-3-2-4-6-14/h7,13H,2-6H2,1H3. The molecule has 1 aliphatic heterocycles. The molecule has 1 aromatic heterocycles. The van der Waals surface area contributed by atoms with Crippen molar-refractivity contribution in [3.63, 3.8) is 0 Å². The molecule has 2 heterocycles. The van der Waals surface area contributed by atoms with Gasteiger partial charge in [-0.25, -0.2) is 0 Å². The van der Waals surface area contributed by atoms with E-state index in [1.54, 1.807) is 6.20 Å². The van der Waals surface area contributed by atoms with E-state index in [2.05, 4.69) is 4.98 Å². The molecular formula is C11H15BN2O. The number of likely N-dealkylation sites (tertiary alicyclic amines) is 1. The summed E-state index contributed by atoms with van der Waals surface area (Å²) in [5.41, 5.74) is 2.18. The van der Waals surface area contributed by atoms with Gasteiger partial charge >= 0.3 is 0 Å². The Kier molecular flexibility index (Phi) is 2.85. The Morgan fingerprint density at radius 1 is 1.40 bits per heavy atom. The van der Waals surface area contributed by atoms with Crippen LogP contribution in [0.3, 0.4) is 0 Å². The summed E-state index contributed by atoms with van der Waals surface area (Å²) < 4.78 is 0. The lowest BCUT2D eigenvalue weighted by Crippen LogP contribution is -2.35. The van der Waals surface area contributed by atoms with Crippen LogP contribution >= 0.6 is 0 Å². The van der Waals surface area contributed by atoms with E-state index in [0.717, 1.165) is 37.1 Å². The molecule has 1 amide bonds. The van der Waals surface area contributed by atoms with E-state index in [1.165, 1.54) is 6.42 Å². The van der Waals surface area contributed by atoms with Crippen LogP contribution in [-0.4, -0.2) is 36.7 Å². The van der Waals surface area contributed by atoms with Gasteiger partial charge in [-0.15, -0.1) is 0 Å². The summed E-state index contributed by atoms with van der Waals surface area (Å²) in [7, 11) is 5.68. The van der Waals surface area contributed by atoms with Crippen LogP contribution in [0.4, 0.5) is 0 Å². The van der Waals surface area contributed by atoms with E-state index >= 15 is 0 Å². The van der Waals surface area contributed by atoms with Gasteiger partial charge in [0, 0.05) is 19.3 Å². The second-order valence-electron chi connectivity index (χ2n) is 4.09. The van der Waals surface area contributed by atoms with Gasteiger partial charge in [-0.05, 0) is 37.3 Å². The number of nitrogens with zero attached hydrogens (tertiary/aromatic N) is 1. The van der Waals surface area contributed by atoms with Gasteiger partial charge in [-0.1, -0.05) is 0 Å². The lowest BCUT2D eigenvalue weighted by molar-refractivity contribution is 0.0724. The molecule has 0 aliphatic carbocycles. The third-order valence-electron chi connectivity index (χ3n) is 3.05. The molecule has 4 heteroatoms. The first kappa shape index (κ1) is 10.3. The molecule has 0 atom stereocenters. The van der Waals surface area contributed by atoms with Crippen LogP contribution in [0.1, 0.15) is 35.2 Å². The Morgan fingerprint density at radius 2 is 2.07 bits per heavy atom. The molecule has 1 saturated heterocycles. The number of carbonyl (C=O) groups excluding carboxylic acids is 1. The highest BCUT2D eigenvalue weighted by Crippen LogP contribution is 2.14. The van der Waals surface area contributed by atoms with Crippen LogP contribution in [0.15, 0.2) is 6.20 Å². The number of nitrogens with one attached hydrogen (secondary N) is 1. The molecule has 15 heavy (non-hydrogen) atoms. The molecule has 2 rings (SSSR count). The van der Waals surface area contributed by atoms with Gasteiger partial charge in [0.1, 0.15) is 7.85 Å². The number of carbonyl (C=O) groups is 1. The highest BCUT2D eigenvalue weighted by molar-refractivity contribution is 6.32. The van der Waals surface area contributed by atoms with Crippen LogP contribution < -0.4 is 5.59 Å². The normalized spacial score (nSPS) is 16.7. The first-order valence-electron chi connectivity index (χ1n) is 5.43. The smallest absolute Gasteiger partial charge is 0.255 e. The van der Waals surface area contributed by atoms with Crippen LogP contribution in [0, 0.1) is 6.92 Å². The van der Waals surface area contributed by atoms with Crippen LogP contribution in [-0.2, 0) is 0 Å². The van der Waals surface area contributed by atoms with Crippen molar-refractivity contribution in [2.45, 2.75) is 26.2 Å². The fraction of sp³-hybridized carbons (Fsp3) is 0.545. The summed E-state index contributed by atoms with van der Waals surface area (Å²) in [4.78, 5) is 16.9. The Balaban J connectivity index is 2.16. The molecule has 1 aromatic rings. The minimum atomic E-state index is 0.111. The summed E-state index contributed by atoms with van der Waals surface area (Å²) >= 11 is 0. The van der Waals surface area contributed by atoms with Crippen LogP contribution in [0.25, 0.3) is 0 Å². The van der Waals surface area contributed by atoms with Gasteiger partial charge < -0.3 is 9.88 Å². The van der Waals surface area contributed by atoms with Crippen molar-refractivity contribution < 1.29 is 4.79 Å². The van der Waals surface area contributed by atoms with Crippen molar-refractivity contribution in [3.05, 3.63) is 17.3 Å². The number of H-pyrrole nitrogens is 1. The quantitative estimate of drug-likeness (QED) is 0.670. The third kappa shape index (κ3) is 1.94. The van der Waals surface area contributed by atoms with E-state index in [0.29, 0.717) is 5.59 Å². The predicted octanol–water partition coefficient (Wildman–Crippen LogP) is 0.743. The molecule has 1 fully saturated rings. The van der Waals surface area contributed by atoms with Crippen LogP contribution in [0.5, 0.6) is 0 Å². The van der Waals surface area contributed by atoms with Gasteiger partial charge in [0.25, 0.3) is 5.91 Å². The summed E-state index contributed by atoms with van der Waals surface area (Å²) in [5, 5.41) is 0. The minimum Gasteiger partial charge on any atom is -0.374 e. The average molecular weight is 202 g/mol. The van der Waals surface area contributed by atoms with Gasteiger partial charge in [0.2, 0.25) is 0 Å². The van der Waals surface area contributed by atoms with Crippen molar-refractivity contribution >= 4 is 19.3 Å². The molecule has 1 N–H and O–H groups in total. The average Bonchev–Trinajstić information content (AvgIpc) is 2.60. The molecule has 0 saturated carbocycles. The SMILES string of the molecule is [B]c1[nH]cc(C(=O)N2CCCCC2)c1C. The van der Waals surface area contributed by atoms with Gasteiger partial charge in [0.15, 0.2) is 0 Å². The maximum absolute atomic E-state index is 12.1. The Morgan fingerprint density at radius 3 is 2.60 bits per heavy atom. The zero-order valence-electron chi connectivity index (χ0n) is 9.05. The Hall–Kier alpha value is -1.19. The number of aromatic nitrogens is 1. The predicted molar refractivity (Wildman–Crippen MR) is 60.7 cm³/mol. The number of hydrogen-bond acceptors (Lipinski definition) is 1. The molecule has 2 radical (unpaired) electrons. The van der Waals surface area contributed by atoms with Crippen LogP contribution in [0.2, 0.25) is 0 Å². The fourth-order valence-corrected chi connectivity index (χ4v) is 2.00. The van der Waals surface area contributed by atoms with Crippen molar-refractivity contribution in [2.75, 3.05) is 13.1 Å². The topological polar surface area (TPSA) is 36.1 Å². The summed E-state index contributed by atoms with van der Waals surface area (Å²) in [6.45, 7) is 3.63. The van der Waals surface area contributed by atoms with E-state index in [4.69, 9.17) is 7.85 Å². The number of rotatable bonds is 1. The van der Waals surface area contributed by atoms with E-state index in [1.807, 2.05) is 11.8 Å². The number of piperidine rings is 1. The molecule has 0 unspecified atom stereocenters. The summed E-state index contributed by atoms with van der Waals surface area (Å²) in [6, 6.07) is 0. The maximum Gasteiger partial charge on any atom is 0.255 e. The first-order valence-corrected chi connectivity index (χ1v) is 5.43. The fourth-order valence-electron chi connectivity index (χ4n) is 2.00. The zero-order chi connectivity index (χ0) is 10.8. The molecule has 0 spiro atoms.